The van der Waals surface area contributed by atoms with Crippen LogP contribution in [0, 0.1) is 0 Å². The Kier molecular flexibility index (Phi) is 6.16. The Morgan fingerprint density at radius 1 is 0.316 bits per heavy atom. The van der Waals surface area contributed by atoms with E-state index in [1.54, 1.807) is 0 Å². The summed E-state index contributed by atoms with van der Waals surface area (Å²) in [5.74, 6) is 0. The predicted octanol–water partition coefficient (Wildman–Crippen LogP) is 14.9. The van der Waals surface area contributed by atoms with Crippen molar-refractivity contribution in [3.05, 3.63) is 194 Å². The summed E-state index contributed by atoms with van der Waals surface area (Å²) in [5.41, 5.74) is 11.3. The number of benzene rings is 10. The average molecular weight is 725 g/mol. The summed E-state index contributed by atoms with van der Waals surface area (Å²) < 4.78 is 11.6. The second-order valence-electron chi connectivity index (χ2n) is 15.2. The van der Waals surface area contributed by atoms with Crippen LogP contribution in [-0.4, -0.2) is 9.13 Å². The molecule has 0 amide bonds. The van der Waals surface area contributed by atoms with Crippen molar-refractivity contribution in [1.29, 1.82) is 0 Å². The second-order valence-corrected chi connectivity index (χ2v) is 15.2. The van der Waals surface area contributed by atoms with E-state index in [2.05, 4.69) is 197 Å². The maximum absolute atomic E-state index is 6.71. The van der Waals surface area contributed by atoms with Crippen molar-refractivity contribution in [2.75, 3.05) is 0 Å². The fraction of sp³-hybridized carbons (Fsp3) is 0. The first-order chi connectivity index (χ1) is 28.3. The van der Waals surface area contributed by atoms with Crippen molar-refractivity contribution in [2.24, 2.45) is 0 Å². The molecule has 3 aromatic heterocycles. The quantitative estimate of drug-likeness (QED) is 0.166. The topological polar surface area (TPSA) is 23.0 Å². The average Bonchev–Trinajstić information content (AvgIpc) is 3.95. The summed E-state index contributed by atoms with van der Waals surface area (Å²) in [4.78, 5) is 0. The van der Waals surface area contributed by atoms with Gasteiger partial charge in [0.15, 0.2) is 0 Å². The zero-order valence-corrected chi connectivity index (χ0v) is 30.8. The van der Waals surface area contributed by atoms with E-state index in [9.17, 15) is 0 Å². The largest absolute Gasteiger partial charge is 0.455 e. The van der Waals surface area contributed by atoms with Gasteiger partial charge in [0.1, 0.15) is 11.2 Å². The predicted molar refractivity (Wildman–Crippen MR) is 240 cm³/mol. The van der Waals surface area contributed by atoms with E-state index >= 15 is 0 Å². The highest BCUT2D eigenvalue weighted by molar-refractivity contribution is 6.32. The molecule has 0 aliphatic carbocycles. The van der Waals surface area contributed by atoms with E-state index < -0.39 is 0 Å². The lowest BCUT2D eigenvalue weighted by atomic mass is 9.95. The number of hydrogen-bond acceptors (Lipinski definition) is 1. The fourth-order valence-corrected chi connectivity index (χ4v) is 9.82. The van der Waals surface area contributed by atoms with E-state index in [4.69, 9.17) is 4.42 Å². The van der Waals surface area contributed by atoms with Crippen molar-refractivity contribution in [2.45, 2.75) is 0 Å². The lowest BCUT2D eigenvalue weighted by Crippen LogP contribution is -1.94. The molecule has 0 N–H and O–H groups in total. The lowest BCUT2D eigenvalue weighted by molar-refractivity contribution is 0.673. The first-order valence-electron chi connectivity index (χ1n) is 19.6. The standard InChI is InChI=1S/C54H32N2O/c1-3-13-36(14-4-1)55-47-29-25-34(31-45(47)43-27-23-33-24-28-44-40-19-11-12-22-49(40)57-54(44)50(33)52(43)55)35-26-30-48-46(32-35)51-41-20-9-7-17-38(41)39-18-8-10-21-42(39)53(51)56(48)37-15-5-2-6-16-37/h1-32H. The monoisotopic (exact) mass is 724 g/mol. The maximum Gasteiger partial charge on any atom is 0.145 e. The highest BCUT2D eigenvalue weighted by atomic mass is 16.3. The van der Waals surface area contributed by atoms with Crippen LogP contribution in [0.2, 0.25) is 0 Å². The number of rotatable bonds is 3. The molecule has 0 aliphatic rings. The van der Waals surface area contributed by atoms with Crippen LogP contribution in [0.25, 0.3) is 120 Å². The van der Waals surface area contributed by atoms with Gasteiger partial charge in [-0.25, -0.2) is 0 Å². The van der Waals surface area contributed by atoms with Crippen molar-refractivity contribution in [1.82, 2.24) is 9.13 Å². The number of nitrogens with zero attached hydrogens (tertiary/aromatic N) is 2. The van der Waals surface area contributed by atoms with Crippen LogP contribution < -0.4 is 0 Å². The van der Waals surface area contributed by atoms with Gasteiger partial charge in [-0.1, -0.05) is 133 Å². The van der Waals surface area contributed by atoms with Crippen LogP contribution in [-0.2, 0) is 0 Å². The molecule has 3 heterocycles. The Morgan fingerprint density at radius 3 is 1.49 bits per heavy atom. The lowest BCUT2D eigenvalue weighted by Gasteiger charge is -2.12. The molecule has 264 valence electrons. The third-order valence-electron chi connectivity index (χ3n) is 12.2. The van der Waals surface area contributed by atoms with Gasteiger partial charge in [0.2, 0.25) is 0 Å². The Morgan fingerprint density at radius 2 is 0.807 bits per heavy atom. The molecule has 0 fully saturated rings. The Labute approximate surface area is 326 Å². The molecule has 0 unspecified atom stereocenters. The van der Waals surface area contributed by atoms with Gasteiger partial charge in [-0.05, 0) is 93.3 Å². The van der Waals surface area contributed by atoms with Crippen molar-refractivity contribution >= 4 is 97.9 Å². The molecular formula is C54H32N2O. The number of fused-ring (bicyclic) bond motifs is 17. The van der Waals surface area contributed by atoms with Crippen molar-refractivity contribution < 1.29 is 4.42 Å². The summed E-state index contributed by atoms with van der Waals surface area (Å²) in [6, 6.07) is 70.7. The highest BCUT2D eigenvalue weighted by Crippen LogP contribution is 2.45. The molecular weight excluding hydrogens is 693 g/mol. The zero-order chi connectivity index (χ0) is 37.2. The third-order valence-corrected chi connectivity index (χ3v) is 12.2. The van der Waals surface area contributed by atoms with Crippen molar-refractivity contribution in [3.8, 4) is 22.5 Å². The van der Waals surface area contributed by atoms with Crippen LogP contribution in [0.1, 0.15) is 0 Å². The van der Waals surface area contributed by atoms with Crippen LogP contribution in [0.15, 0.2) is 199 Å². The molecule has 13 rings (SSSR count). The summed E-state index contributed by atoms with van der Waals surface area (Å²) >= 11 is 0. The molecule has 0 saturated heterocycles. The van der Waals surface area contributed by atoms with E-state index in [-0.39, 0.29) is 0 Å². The van der Waals surface area contributed by atoms with E-state index in [0.717, 1.165) is 49.6 Å². The zero-order valence-electron chi connectivity index (χ0n) is 30.8. The summed E-state index contributed by atoms with van der Waals surface area (Å²) in [7, 11) is 0. The fourth-order valence-electron chi connectivity index (χ4n) is 9.82. The Bertz CT molecular complexity index is 3790. The van der Waals surface area contributed by atoms with Gasteiger partial charge in [0, 0.05) is 54.5 Å². The molecule has 0 atom stereocenters. The van der Waals surface area contributed by atoms with Crippen LogP contribution in [0.3, 0.4) is 0 Å². The van der Waals surface area contributed by atoms with Crippen LogP contribution in [0.4, 0.5) is 0 Å². The van der Waals surface area contributed by atoms with Gasteiger partial charge < -0.3 is 13.6 Å². The molecule has 13 aromatic rings. The van der Waals surface area contributed by atoms with Crippen LogP contribution in [0.5, 0.6) is 0 Å². The smallest absolute Gasteiger partial charge is 0.145 e. The van der Waals surface area contributed by atoms with Crippen LogP contribution >= 0.6 is 0 Å². The van der Waals surface area contributed by atoms with Gasteiger partial charge in [0.05, 0.1) is 22.1 Å². The summed E-state index contributed by atoms with van der Waals surface area (Å²) in [6.45, 7) is 0. The number of furan rings is 1. The summed E-state index contributed by atoms with van der Waals surface area (Å²) in [6.07, 6.45) is 0. The molecule has 3 heteroatoms. The molecule has 10 aromatic carbocycles. The third kappa shape index (κ3) is 4.20. The molecule has 0 saturated carbocycles. The normalized spacial score (nSPS) is 12.2. The number of hydrogen-bond donors (Lipinski definition) is 0. The van der Waals surface area contributed by atoms with E-state index in [1.165, 1.54) is 70.8 Å². The van der Waals surface area contributed by atoms with E-state index in [1.807, 2.05) is 6.07 Å². The highest BCUT2D eigenvalue weighted by Gasteiger charge is 2.22. The minimum atomic E-state index is 0.909. The summed E-state index contributed by atoms with van der Waals surface area (Å²) in [5, 5.41) is 14.6. The van der Waals surface area contributed by atoms with Crippen molar-refractivity contribution in [3.63, 3.8) is 0 Å². The first kappa shape index (κ1) is 30.7. The van der Waals surface area contributed by atoms with Gasteiger partial charge in [-0.15, -0.1) is 0 Å². The Hall–Kier alpha value is -7.62. The molecule has 57 heavy (non-hydrogen) atoms. The van der Waals surface area contributed by atoms with Gasteiger partial charge in [-0.2, -0.15) is 0 Å². The van der Waals surface area contributed by atoms with Gasteiger partial charge in [0.25, 0.3) is 0 Å². The minimum Gasteiger partial charge on any atom is -0.455 e. The second kappa shape index (κ2) is 11.5. The molecule has 0 spiro atoms. The SMILES string of the molecule is c1ccc(-n2c3ccc(-c4ccc5c(c4)c4ccc6ccc7c8ccccc8oc7c6c4n5-c4ccccc4)cc3c3c4ccccc4c4ccccc4c32)cc1. The molecule has 0 aliphatic heterocycles. The van der Waals surface area contributed by atoms with E-state index in [0.29, 0.717) is 0 Å². The van der Waals surface area contributed by atoms with Gasteiger partial charge in [-0.3, -0.25) is 0 Å². The minimum absolute atomic E-state index is 0.909. The molecule has 0 bridgehead atoms. The van der Waals surface area contributed by atoms with Gasteiger partial charge >= 0.3 is 0 Å². The first-order valence-corrected chi connectivity index (χ1v) is 19.6. The number of para-hydroxylation sites is 3. The Balaban J connectivity index is 1.13. The molecule has 0 radical (unpaired) electrons. The molecule has 3 nitrogen and oxygen atoms in total. The number of aromatic nitrogens is 2. The maximum atomic E-state index is 6.71.